The van der Waals surface area contributed by atoms with Gasteiger partial charge in [0.25, 0.3) is 0 Å². The minimum Gasteiger partial charge on any atom is -0.507 e. The lowest BCUT2D eigenvalue weighted by molar-refractivity contribution is 0.0523. The number of benzene rings is 1. The highest BCUT2D eigenvalue weighted by atomic mass is 35.5. The Kier molecular flexibility index (Phi) is 4.15. The minimum absolute atomic E-state index is 0.0210. The lowest BCUT2D eigenvalue weighted by atomic mass is 10.0. The van der Waals surface area contributed by atoms with Crippen LogP contribution in [0.15, 0.2) is 12.1 Å². The zero-order chi connectivity index (χ0) is 12.1. The van der Waals surface area contributed by atoms with Gasteiger partial charge in [-0.2, -0.15) is 5.26 Å². The molecule has 1 aromatic carbocycles. The monoisotopic (exact) mass is 239 g/mol. The van der Waals surface area contributed by atoms with Crippen LogP contribution in [0.5, 0.6) is 5.75 Å². The Bertz CT molecular complexity index is 451. The van der Waals surface area contributed by atoms with Crippen molar-refractivity contribution in [1.82, 2.24) is 0 Å². The van der Waals surface area contributed by atoms with Gasteiger partial charge in [-0.15, -0.1) is 11.6 Å². The number of carbonyl (C=O) groups is 1. The first-order chi connectivity index (χ1) is 7.63. The van der Waals surface area contributed by atoms with Crippen LogP contribution in [0, 0.1) is 11.3 Å². The van der Waals surface area contributed by atoms with E-state index in [1.54, 1.807) is 6.92 Å². The molecular formula is C11H10ClNO3. The van der Waals surface area contributed by atoms with E-state index in [4.69, 9.17) is 21.6 Å². The minimum atomic E-state index is -0.655. The van der Waals surface area contributed by atoms with Crippen LogP contribution < -0.4 is 0 Å². The van der Waals surface area contributed by atoms with Gasteiger partial charge in [0.2, 0.25) is 0 Å². The van der Waals surface area contributed by atoms with E-state index in [1.807, 2.05) is 6.07 Å². The summed E-state index contributed by atoms with van der Waals surface area (Å²) >= 11 is 5.60. The first-order valence-electron chi connectivity index (χ1n) is 4.63. The summed E-state index contributed by atoms with van der Waals surface area (Å²) in [6.07, 6.45) is 0. The van der Waals surface area contributed by atoms with Crippen LogP contribution in [0.2, 0.25) is 0 Å². The summed E-state index contributed by atoms with van der Waals surface area (Å²) in [4.78, 5) is 11.4. The number of hydrogen-bond acceptors (Lipinski definition) is 4. The molecule has 0 radical (unpaired) electrons. The van der Waals surface area contributed by atoms with E-state index < -0.39 is 5.97 Å². The molecular weight excluding hydrogens is 230 g/mol. The van der Waals surface area contributed by atoms with Gasteiger partial charge in [0.05, 0.1) is 18.2 Å². The Morgan fingerprint density at radius 3 is 2.81 bits per heavy atom. The van der Waals surface area contributed by atoms with Crippen molar-refractivity contribution < 1.29 is 14.6 Å². The van der Waals surface area contributed by atoms with Gasteiger partial charge in [-0.3, -0.25) is 0 Å². The molecule has 0 aliphatic carbocycles. The maximum absolute atomic E-state index is 11.4. The summed E-state index contributed by atoms with van der Waals surface area (Å²) in [5.41, 5.74) is 0.720. The number of esters is 1. The van der Waals surface area contributed by atoms with Crippen LogP contribution in [-0.2, 0) is 10.6 Å². The van der Waals surface area contributed by atoms with Gasteiger partial charge in [-0.05, 0) is 24.6 Å². The normalized spacial score (nSPS) is 9.56. The lowest BCUT2D eigenvalue weighted by Crippen LogP contribution is -2.06. The third-order valence-corrected chi connectivity index (χ3v) is 2.27. The van der Waals surface area contributed by atoms with Crippen molar-refractivity contribution in [1.29, 1.82) is 5.26 Å². The number of rotatable bonds is 3. The summed E-state index contributed by atoms with van der Waals surface area (Å²) in [6, 6.07) is 4.49. The average Bonchev–Trinajstić information content (AvgIpc) is 2.28. The zero-order valence-electron chi connectivity index (χ0n) is 8.66. The smallest absolute Gasteiger partial charge is 0.341 e. The molecule has 16 heavy (non-hydrogen) atoms. The summed E-state index contributed by atoms with van der Waals surface area (Å²) in [5, 5.41) is 18.4. The Balaban J connectivity index is 3.22. The molecule has 0 aromatic heterocycles. The Morgan fingerprint density at radius 1 is 1.62 bits per heavy atom. The highest BCUT2D eigenvalue weighted by Crippen LogP contribution is 2.24. The van der Waals surface area contributed by atoms with Crippen LogP contribution in [0.1, 0.15) is 28.4 Å². The van der Waals surface area contributed by atoms with Gasteiger partial charge >= 0.3 is 5.97 Å². The number of nitriles is 1. The molecule has 84 valence electrons. The van der Waals surface area contributed by atoms with E-state index in [-0.39, 0.29) is 29.4 Å². The van der Waals surface area contributed by atoms with E-state index in [0.717, 1.165) is 0 Å². The molecule has 0 heterocycles. The largest absolute Gasteiger partial charge is 0.507 e. The van der Waals surface area contributed by atoms with Gasteiger partial charge < -0.3 is 9.84 Å². The molecule has 1 rings (SSSR count). The number of hydrogen-bond donors (Lipinski definition) is 1. The fourth-order valence-electron chi connectivity index (χ4n) is 1.22. The second-order valence-corrected chi connectivity index (χ2v) is 3.26. The molecule has 4 nitrogen and oxygen atoms in total. The second kappa shape index (κ2) is 5.38. The van der Waals surface area contributed by atoms with Gasteiger partial charge in [0.15, 0.2) is 0 Å². The molecule has 1 N–H and O–H groups in total. The maximum atomic E-state index is 11.4. The molecule has 0 bridgehead atoms. The van der Waals surface area contributed by atoms with Crippen molar-refractivity contribution in [3.63, 3.8) is 0 Å². The van der Waals surface area contributed by atoms with Crippen molar-refractivity contribution in [3.8, 4) is 11.8 Å². The highest BCUT2D eigenvalue weighted by molar-refractivity contribution is 6.17. The van der Waals surface area contributed by atoms with E-state index in [1.165, 1.54) is 12.1 Å². The molecule has 0 spiro atoms. The Hall–Kier alpha value is -1.73. The third kappa shape index (κ3) is 2.44. The average molecular weight is 240 g/mol. The lowest BCUT2D eigenvalue weighted by Gasteiger charge is -2.07. The predicted molar refractivity (Wildman–Crippen MR) is 58.3 cm³/mol. The summed E-state index contributed by atoms with van der Waals surface area (Å²) in [7, 11) is 0. The molecule has 0 saturated carbocycles. The van der Waals surface area contributed by atoms with Crippen molar-refractivity contribution in [3.05, 3.63) is 28.8 Å². The quantitative estimate of drug-likeness (QED) is 0.648. The first kappa shape index (κ1) is 12.3. The topological polar surface area (TPSA) is 70.3 Å². The third-order valence-electron chi connectivity index (χ3n) is 1.98. The highest BCUT2D eigenvalue weighted by Gasteiger charge is 2.15. The summed E-state index contributed by atoms with van der Waals surface area (Å²) in [5.74, 6) is -0.787. The van der Waals surface area contributed by atoms with Crippen molar-refractivity contribution in [2.45, 2.75) is 12.8 Å². The molecule has 0 fully saturated rings. The first-order valence-corrected chi connectivity index (χ1v) is 5.16. The van der Waals surface area contributed by atoms with Crippen LogP contribution >= 0.6 is 11.6 Å². The Morgan fingerprint density at radius 2 is 2.31 bits per heavy atom. The van der Waals surface area contributed by atoms with Gasteiger partial charge in [0.1, 0.15) is 11.3 Å². The van der Waals surface area contributed by atoms with E-state index in [2.05, 4.69) is 0 Å². The van der Waals surface area contributed by atoms with Gasteiger partial charge in [0, 0.05) is 5.88 Å². The number of aromatic hydroxyl groups is 1. The van der Waals surface area contributed by atoms with E-state index in [9.17, 15) is 9.90 Å². The fourth-order valence-corrected chi connectivity index (χ4v) is 1.44. The SMILES string of the molecule is CCOC(=O)c1cc(C#N)c(CCl)cc1O. The second-order valence-electron chi connectivity index (χ2n) is 2.99. The van der Waals surface area contributed by atoms with Crippen LogP contribution in [0.3, 0.4) is 0 Å². The molecule has 5 heteroatoms. The zero-order valence-corrected chi connectivity index (χ0v) is 9.41. The van der Waals surface area contributed by atoms with Crippen LogP contribution in [0.4, 0.5) is 0 Å². The standard InChI is InChI=1S/C11H10ClNO3/c1-2-16-11(15)9-3-8(6-13)7(5-12)4-10(9)14/h3-4,14H,2,5H2,1H3. The number of nitrogens with zero attached hydrogens (tertiary/aromatic N) is 1. The number of carbonyl (C=O) groups excluding carboxylic acids is 1. The molecule has 0 amide bonds. The van der Waals surface area contributed by atoms with Crippen LogP contribution in [0.25, 0.3) is 0 Å². The molecule has 0 aliphatic rings. The molecule has 0 unspecified atom stereocenters. The number of halogens is 1. The predicted octanol–water partition coefficient (Wildman–Crippen LogP) is 2.18. The summed E-state index contributed by atoms with van der Waals surface area (Å²) < 4.78 is 4.74. The number of phenolic OH excluding ortho intramolecular Hbond substituents is 1. The molecule has 1 aromatic rings. The van der Waals surface area contributed by atoms with Crippen molar-refractivity contribution >= 4 is 17.6 Å². The number of alkyl halides is 1. The van der Waals surface area contributed by atoms with Crippen LogP contribution in [-0.4, -0.2) is 17.7 Å². The van der Waals surface area contributed by atoms with Gasteiger partial charge in [-0.25, -0.2) is 4.79 Å². The molecule has 0 aliphatic heterocycles. The number of phenols is 1. The van der Waals surface area contributed by atoms with E-state index in [0.29, 0.717) is 5.56 Å². The number of ether oxygens (including phenoxy) is 1. The molecule has 0 saturated heterocycles. The maximum Gasteiger partial charge on any atom is 0.341 e. The van der Waals surface area contributed by atoms with Crippen molar-refractivity contribution in [2.75, 3.05) is 6.61 Å². The Labute approximate surface area is 98.0 Å². The van der Waals surface area contributed by atoms with Crippen molar-refractivity contribution in [2.24, 2.45) is 0 Å². The van der Waals surface area contributed by atoms with E-state index >= 15 is 0 Å². The molecule has 0 atom stereocenters. The van der Waals surface area contributed by atoms with Gasteiger partial charge in [-0.1, -0.05) is 0 Å². The fraction of sp³-hybridized carbons (Fsp3) is 0.273. The summed E-state index contributed by atoms with van der Waals surface area (Å²) in [6.45, 7) is 1.87.